The molecule has 2 aromatic carbocycles. The first kappa shape index (κ1) is 28.8. The van der Waals surface area contributed by atoms with E-state index in [-0.39, 0.29) is 18.2 Å². The molecule has 4 amide bonds. The van der Waals surface area contributed by atoms with Gasteiger partial charge in [-0.1, -0.05) is 44.2 Å². The molecule has 0 bridgehead atoms. The van der Waals surface area contributed by atoms with Crippen LogP contribution in [0.25, 0.3) is 0 Å². The van der Waals surface area contributed by atoms with Crippen LogP contribution in [-0.2, 0) is 25.7 Å². The fourth-order valence-corrected chi connectivity index (χ4v) is 3.18. The molecule has 0 radical (unpaired) electrons. The van der Waals surface area contributed by atoms with E-state index in [1.807, 2.05) is 32.0 Å². The maximum atomic E-state index is 12.8. The molecule has 0 aliphatic rings. The molecule has 0 heterocycles. The minimum absolute atomic E-state index is 0.0479. The quantitative estimate of drug-likeness (QED) is 0.250. The molecule has 0 saturated carbocycles. The van der Waals surface area contributed by atoms with Crippen LogP contribution in [0, 0.1) is 16.0 Å². The van der Waals surface area contributed by atoms with E-state index in [4.69, 9.17) is 4.74 Å². The lowest BCUT2D eigenvalue weighted by atomic mass is 10.0. The van der Waals surface area contributed by atoms with Gasteiger partial charge in [-0.15, -0.1) is 0 Å². The summed E-state index contributed by atoms with van der Waals surface area (Å²) < 4.78 is 5.03. The highest BCUT2D eigenvalue weighted by Gasteiger charge is 2.25. The number of hydrogen-bond acceptors (Lipinski definition) is 7. The summed E-state index contributed by atoms with van der Waals surface area (Å²) in [6.45, 7) is 4.85. The number of nitrogens with one attached hydrogen (secondary N) is 4. The zero-order valence-corrected chi connectivity index (χ0v) is 20.9. The lowest BCUT2D eigenvalue weighted by molar-refractivity contribution is -0.384. The van der Waals surface area contributed by atoms with Crippen LogP contribution >= 0.6 is 0 Å². The minimum atomic E-state index is -0.989. The van der Waals surface area contributed by atoms with Gasteiger partial charge in [0.25, 0.3) is 5.69 Å². The van der Waals surface area contributed by atoms with Crippen molar-refractivity contribution in [2.24, 2.45) is 5.92 Å². The van der Waals surface area contributed by atoms with Crippen molar-refractivity contribution in [2.45, 2.75) is 45.9 Å². The molecule has 2 atom stereocenters. The third kappa shape index (κ3) is 10.3. The topological polar surface area (TPSA) is 169 Å². The Hall–Kier alpha value is -4.48. The maximum Gasteiger partial charge on any atom is 0.407 e. The van der Waals surface area contributed by atoms with Crippen LogP contribution in [0.4, 0.5) is 16.2 Å². The molecule has 0 fully saturated rings. The number of anilines is 1. The second-order valence-corrected chi connectivity index (χ2v) is 8.69. The Bertz CT molecular complexity index is 1090. The SMILES string of the molecule is CC(C)C[C@H](NC(=O)[C@H](C)NC(=O)CNC(=O)OCc1ccccc1)C(=O)Nc1ccc([N+](=O)[O-])cc1. The van der Waals surface area contributed by atoms with Gasteiger partial charge < -0.3 is 26.0 Å². The normalized spacial score (nSPS) is 12.1. The van der Waals surface area contributed by atoms with Gasteiger partial charge >= 0.3 is 6.09 Å². The van der Waals surface area contributed by atoms with Crippen LogP contribution in [0.1, 0.15) is 32.8 Å². The summed E-state index contributed by atoms with van der Waals surface area (Å²) >= 11 is 0. The third-order valence-corrected chi connectivity index (χ3v) is 5.06. The van der Waals surface area contributed by atoms with Gasteiger partial charge in [-0.05, 0) is 37.0 Å². The molecular formula is C25H31N5O7. The van der Waals surface area contributed by atoms with Gasteiger partial charge in [-0.3, -0.25) is 24.5 Å². The smallest absolute Gasteiger partial charge is 0.407 e. The van der Waals surface area contributed by atoms with E-state index in [0.29, 0.717) is 12.1 Å². The van der Waals surface area contributed by atoms with Crippen molar-refractivity contribution in [3.8, 4) is 0 Å². The zero-order valence-electron chi connectivity index (χ0n) is 20.9. The monoisotopic (exact) mass is 513 g/mol. The number of ether oxygens (including phenoxy) is 1. The highest BCUT2D eigenvalue weighted by molar-refractivity contribution is 5.98. The number of carbonyl (C=O) groups excluding carboxylic acids is 4. The molecule has 37 heavy (non-hydrogen) atoms. The Morgan fingerprint density at radius 1 is 0.919 bits per heavy atom. The number of rotatable bonds is 12. The molecule has 0 saturated heterocycles. The lowest BCUT2D eigenvalue weighted by Crippen LogP contribution is -2.53. The van der Waals surface area contributed by atoms with Crippen molar-refractivity contribution in [3.63, 3.8) is 0 Å². The molecule has 0 aliphatic heterocycles. The van der Waals surface area contributed by atoms with E-state index in [1.54, 1.807) is 12.1 Å². The largest absolute Gasteiger partial charge is 0.445 e. The number of hydrogen-bond donors (Lipinski definition) is 4. The summed E-state index contributed by atoms with van der Waals surface area (Å²) in [5.74, 6) is -1.65. The van der Waals surface area contributed by atoms with Crippen molar-refractivity contribution in [1.29, 1.82) is 0 Å². The third-order valence-electron chi connectivity index (χ3n) is 5.06. The molecule has 2 aromatic rings. The molecule has 0 spiro atoms. The van der Waals surface area contributed by atoms with Gasteiger partial charge in [0.1, 0.15) is 25.2 Å². The van der Waals surface area contributed by atoms with E-state index < -0.39 is 47.4 Å². The first-order valence-corrected chi connectivity index (χ1v) is 11.6. The number of nitro benzene ring substituents is 1. The van der Waals surface area contributed by atoms with Crippen molar-refractivity contribution in [1.82, 2.24) is 16.0 Å². The van der Waals surface area contributed by atoms with Crippen molar-refractivity contribution in [2.75, 3.05) is 11.9 Å². The van der Waals surface area contributed by atoms with Gasteiger partial charge in [0.2, 0.25) is 17.7 Å². The Morgan fingerprint density at radius 3 is 2.16 bits per heavy atom. The van der Waals surface area contributed by atoms with Crippen molar-refractivity contribution in [3.05, 3.63) is 70.3 Å². The Morgan fingerprint density at radius 2 is 1.57 bits per heavy atom. The van der Waals surface area contributed by atoms with Gasteiger partial charge in [0, 0.05) is 17.8 Å². The molecule has 2 rings (SSSR count). The zero-order chi connectivity index (χ0) is 27.4. The number of benzene rings is 2. The van der Waals surface area contributed by atoms with E-state index in [1.165, 1.54) is 31.2 Å². The molecule has 0 aromatic heterocycles. The summed E-state index contributed by atoms with van der Waals surface area (Å²) in [6.07, 6.45) is -0.462. The number of carbonyl (C=O) groups is 4. The number of non-ortho nitro benzene ring substituents is 1. The van der Waals surface area contributed by atoms with E-state index in [2.05, 4.69) is 21.3 Å². The number of nitrogens with zero attached hydrogens (tertiary/aromatic N) is 1. The molecule has 0 unspecified atom stereocenters. The fourth-order valence-electron chi connectivity index (χ4n) is 3.18. The summed E-state index contributed by atoms with van der Waals surface area (Å²) in [5, 5.41) is 20.8. The van der Waals surface area contributed by atoms with Crippen LogP contribution in [0.3, 0.4) is 0 Å². The average molecular weight is 514 g/mol. The first-order chi connectivity index (χ1) is 17.5. The second-order valence-electron chi connectivity index (χ2n) is 8.69. The summed E-state index contributed by atoms with van der Waals surface area (Å²) in [5.41, 5.74) is 1.01. The van der Waals surface area contributed by atoms with Gasteiger partial charge in [-0.2, -0.15) is 0 Å². The van der Waals surface area contributed by atoms with E-state index >= 15 is 0 Å². The molecule has 12 nitrogen and oxygen atoms in total. The summed E-state index contributed by atoms with van der Waals surface area (Å²) in [6, 6.07) is 12.4. The molecule has 198 valence electrons. The lowest BCUT2D eigenvalue weighted by Gasteiger charge is -2.22. The van der Waals surface area contributed by atoms with Gasteiger partial charge in [-0.25, -0.2) is 4.79 Å². The van der Waals surface area contributed by atoms with Crippen LogP contribution < -0.4 is 21.3 Å². The maximum absolute atomic E-state index is 12.8. The van der Waals surface area contributed by atoms with E-state index in [0.717, 1.165) is 5.56 Å². The predicted molar refractivity (Wildman–Crippen MR) is 135 cm³/mol. The number of nitro groups is 1. The van der Waals surface area contributed by atoms with Crippen LogP contribution in [0.15, 0.2) is 54.6 Å². The van der Waals surface area contributed by atoms with Crippen LogP contribution in [-0.4, -0.2) is 47.4 Å². The van der Waals surface area contributed by atoms with Crippen LogP contribution in [0.2, 0.25) is 0 Å². The van der Waals surface area contributed by atoms with Gasteiger partial charge in [0.05, 0.1) is 4.92 Å². The number of alkyl carbamates (subject to hydrolysis) is 1. The summed E-state index contributed by atoms with van der Waals surface area (Å²) in [7, 11) is 0. The first-order valence-electron chi connectivity index (χ1n) is 11.6. The highest BCUT2D eigenvalue weighted by atomic mass is 16.6. The molecule has 0 aliphatic carbocycles. The Labute approximate surface area is 214 Å². The van der Waals surface area contributed by atoms with Crippen LogP contribution in [0.5, 0.6) is 0 Å². The fraction of sp³-hybridized carbons (Fsp3) is 0.360. The van der Waals surface area contributed by atoms with Crippen molar-refractivity contribution >= 4 is 35.2 Å². The Kier molecular flexibility index (Phi) is 11.0. The predicted octanol–water partition coefficient (Wildman–Crippen LogP) is 2.50. The molecule has 12 heteroatoms. The van der Waals surface area contributed by atoms with Crippen molar-refractivity contribution < 1.29 is 28.8 Å². The minimum Gasteiger partial charge on any atom is -0.445 e. The average Bonchev–Trinajstić information content (AvgIpc) is 2.86. The highest BCUT2D eigenvalue weighted by Crippen LogP contribution is 2.16. The number of amides is 4. The van der Waals surface area contributed by atoms with Gasteiger partial charge in [0.15, 0.2) is 0 Å². The molecule has 4 N–H and O–H groups in total. The Balaban J connectivity index is 1.83. The summed E-state index contributed by atoms with van der Waals surface area (Å²) in [4.78, 5) is 59.6. The van der Waals surface area contributed by atoms with E-state index in [9.17, 15) is 29.3 Å². The standard InChI is InChI=1S/C25H31N5O7/c1-16(2)13-21(24(33)28-19-9-11-20(12-10-19)30(35)36)29-23(32)17(3)27-22(31)14-26-25(34)37-15-18-7-5-4-6-8-18/h4-12,16-17,21H,13-15H2,1-3H3,(H,26,34)(H,27,31)(H,28,33)(H,29,32)/t17-,21-/m0/s1. The second kappa shape index (κ2) is 14.2. The molecular weight excluding hydrogens is 482 g/mol.